The third kappa shape index (κ3) is 2.43. The van der Waals surface area contributed by atoms with Crippen LogP contribution < -0.4 is 10.0 Å². The van der Waals surface area contributed by atoms with Crippen molar-refractivity contribution in [2.24, 2.45) is 0 Å². The zero-order valence-electron chi connectivity index (χ0n) is 10.2. The van der Waals surface area contributed by atoms with E-state index in [-0.39, 0.29) is 11.3 Å². The normalized spacial score (nSPS) is 23.9. The van der Waals surface area contributed by atoms with Gasteiger partial charge in [0, 0.05) is 25.8 Å². The Labute approximate surface area is 107 Å². The van der Waals surface area contributed by atoms with Crippen molar-refractivity contribution in [3.8, 4) is 0 Å². The third-order valence-corrected chi connectivity index (χ3v) is 5.48. The summed E-state index contributed by atoms with van der Waals surface area (Å²) in [5, 5.41) is 7.49. The second-order valence-corrected chi connectivity index (χ2v) is 7.02. The lowest BCUT2D eigenvalue weighted by molar-refractivity contribution is 0.349. The second kappa shape index (κ2) is 4.64. The topological polar surface area (TPSA) is 76.0 Å². The first-order valence-electron chi connectivity index (χ1n) is 6.38. The third-order valence-electron chi connectivity index (χ3n) is 3.53. The summed E-state index contributed by atoms with van der Waals surface area (Å²) in [6.45, 7) is 2.18. The summed E-state index contributed by atoms with van der Waals surface area (Å²) in [6, 6.07) is 2.23. The van der Waals surface area contributed by atoms with E-state index in [2.05, 4.69) is 15.1 Å². The Balaban J connectivity index is 1.55. The van der Waals surface area contributed by atoms with E-state index in [1.54, 1.807) is 6.20 Å². The minimum atomic E-state index is -3.05. The number of fused-ring (bicyclic) bond motifs is 1. The SMILES string of the molecule is O=S(=O)(NCC[C@@H]1CNCc2ccnn21)C1CC1. The fourth-order valence-corrected chi connectivity index (χ4v) is 3.75. The molecule has 0 unspecified atom stereocenters. The molecule has 6 nitrogen and oxygen atoms in total. The highest BCUT2D eigenvalue weighted by atomic mass is 32.2. The van der Waals surface area contributed by atoms with Crippen LogP contribution in [0.25, 0.3) is 0 Å². The number of aromatic nitrogens is 2. The van der Waals surface area contributed by atoms with Crippen molar-refractivity contribution in [1.29, 1.82) is 0 Å². The fourth-order valence-electron chi connectivity index (χ4n) is 2.35. The van der Waals surface area contributed by atoms with Gasteiger partial charge in [-0.15, -0.1) is 0 Å². The van der Waals surface area contributed by atoms with Gasteiger partial charge in [0.05, 0.1) is 17.0 Å². The van der Waals surface area contributed by atoms with Crippen LogP contribution in [-0.4, -0.2) is 36.5 Å². The lowest BCUT2D eigenvalue weighted by Crippen LogP contribution is -2.36. The summed E-state index contributed by atoms with van der Waals surface area (Å²) in [4.78, 5) is 0. The molecular formula is C11H18N4O2S. The van der Waals surface area contributed by atoms with Crippen molar-refractivity contribution in [3.05, 3.63) is 18.0 Å². The van der Waals surface area contributed by atoms with Crippen LogP contribution in [0.3, 0.4) is 0 Å². The van der Waals surface area contributed by atoms with Gasteiger partial charge in [0.15, 0.2) is 0 Å². The van der Waals surface area contributed by atoms with E-state index >= 15 is 0 Å². The van der Waals surface area contributed by atoms with E-state index in [0.717, 1.165) is 38.0 Å². The Morgan fingerprint density at radius 2 is 2.33 bits per heavy atom. The number of sulfonamides is 1. The van der Waals surface area contributed by atoms with Gasteiger partial charge >= 0.3 is 0 Å². The Morgan fingerprint density at radius 1 is 1.50 bits per heavy atom. The lowest BCUT2D eigenvalue weighted by Gasteiger charge is -2.25. The molecule has 100 valence electrons. The zero-order chi connectivity index (χ0) is 12.6. The van der Waals surface area contributed by atoms with Crippen LogP contribution in [0.2, 0.25) is 0 Å². The molecule has 0 aromatic carbocycles. The van der Waals surface area contributed by atoms with Gasteiger partial charge in [-0.2, -0.15) is 5.10 Å². The summed E-state index contributed by atoms with van der Waals surface area (Å²) in [6.07, 6.45) is 4.19. The van der Waals surface area contributed by atoms with Crippen molar-refractivity contribution in [1.82, 2.24) is 19.8 Å². The number of hydrogen-bond donors (Lipinski definition) is 2. The van der Waals surface area contributed by atoms with Crippen LogP contribution in [0.15, 0.2) is 12.3 Å². The van der Waals surface area contributed by atoms with Gasteiger partial charge in [0.1, 0.15) is 0 Å². The van der Waals surface area contributed by atoms with Crippen LogP contribution in [0.5, 0.6) is 0 Å². The average molecular weight is 270 g/mol. The average Bonchev–Trinajstić information content (AvgIpc) is 3.09. The molecule has 1 aromatic heterocycles. The van der Waals surface area contributed by atoms with Gasteiger partial charge in [-0.05, 0) is 25.3 Å². The lowest BCUT2D eigenvalue weighted by atomic mass is 10.1. The Bertz CT molecular complexity index is 521. The molecule has 2 heterocycles. The summed E-state index contributed by atoms with van der Waals surface area (Å²) in [7, 11) is -3.05. The molecule has 1 aliphatic heterocycles. The second-order valence-electron chi connectivity index (χ2n) is 4.98. The molecule has 0 spiro atoms. The highest BCUT2D eigenvalue weighted by Gasteiger charge is 2.35. The predicted molar refractivity (Wildman–Crippen MR) is 67.5 cm³/mol. The molecule has 1 saturated carbocycles. The quantitative estimate of drug-likeness (QED) is 0.789. The fraction of sp³-hybridized carbons (Fsp3) is 0.727. The van der Waals surface area contributed by atoms with Gasteiger partial charge < -0.3 is 5.32 Å². The van der Waals surface area contributed by atoms with Crippen LogP contribution in [0.1, 0.15) is 31.0 Å². The minimum absolute atomic E-state index is 0.137. The van der Waals surface area contributed by atoms with Gasteiger partial charge in [0.25, 0.3) is 0 Å². The molecule has 7 heteroatoms. The van der Waals surface area contributed by atoms with E-state index in [9.17, 15) is 8.42 Å². The molecule has 1 fully saturated rings. The van der Waals surface area contributed by atoms with E-state index < -0.39 is 10.0 Å². The molecule has 18 heavy (non-hydrogen) atoms. The van der Waals surface area contributed by atoms with E-state index in [1.807, 2.05) is 10.7 Å². The van der Waals surface area contributed by atoms with Gasteiger partial charge in [0.2, 0.25) is 10.0 Å². The van der Waals surface area contributed by atoms with Crippen molar-refractivity contribution < 1.29 is 8.42 Å². The first-order chi connectivity index (χ1) is 8.67. The number of hydrogen-bond acceptors (Lipinski definition) is 4. The van der Waals surface area contributed by atoms with Crippen molar-refractivity contribution in [3.63, 3.8) is 0 Å². The zero-order valence-corrected chi connectivity index (χ0v) is 11.0. The van der Waals surface area contributed by atoms with Crippen LogP contribution in [0, 0.1) is 0 Å². The van der Waals surface area contributed by atoms with Crippen LogP contribution >= 0.6 is 0 Å². The molecule has 0 radical (unpaired) electrons. The monoisotopic (exact) mass is 270 g/mol. The minimum Gasteiger partial charge on any atom is -0.309 e. The summed E-state index contributed by atoms with van der Waals surface area (Å²) in [5.41, 5.74) is 1.16. The highest BCUT2D eigenvalue weighted by Crippen LogP contribution is 2.27. The van der Waals surface area contributed by atoms with Gasteiger partial charge in [-0.25, -0.2) is 13.1 Å². The Morgan fingerprint density at radius 3 is 3.11 bits per heavy atom. The summed E-state index contributed by atoms with van der Waals surface area (Å²) < 4.78 is 28.1. The van der Waals surface area contributed by atoms with Gasteiger partial charge in [-0.3, -0.25) is 4.68 Å². The van der Waals surface area contributed by atoms with Crippen LogP contribution in [-0.2, 0) is 16.6 Å². The van der Waals surface area contributed by atoms with E-state index in [4.69, 9.17) is 0 Å². The summed E-state index contributed by atoms with van der Waals surface area (Å²) in [5.74, 6) is 0. The van der Waals surface area contributed by atoms with Crippen molar-refractivity contribution in [2.75, 3.05) is 13.1 Å². The van der Waals surface area contributed by atoms with Gasteiger partial charge in [-0.1, -0.05) is 0 Å². The largest absolute Gasteiger partial charge is 0.309 e. The first kappa shape index (κ1) is 12.1. The van der Waals surface area contributed by atoms with E-state index in [1.165, 1.54) is 0 Å². The molecule has 0 bridgehead atoms. The molecule has 2 aliphatic rings. The summed E-state index contributed by atoms with van der Waals surface area (Å²) >= 11 is 0. The Hall–Kier alpha value is -0.920. The van der Waals surface area contributed by atoms with Crippen LogP contribution in [0.4, 0.5) is 0 Å². The maximum absolute atomic E-state index is 11.7. The number of nitrogens with one attached hydrogen (secondary N) is 2. The molecule has 0 saturated heterocycles. The molecule has 3 rings (SSSR count). The number of rotatable bonds is 5. The smallest absolute Gasteiger partial charge is 0.214 e. The first-order valence-corrected chi connectivity index (χ1v) is 7.93. The molecule has 2 N–H and O–H groups in total. The highest BCUT2D eigenvalue weighted by molar-refractivity contribution is 7.90. The molecule has 1 aliphatic carbocycles. The number of nitrogens with zero attached hydrogens (tertiary/aromatic N) is 2. The molecule has 0 amide bonds. The van der Waals surface area contributed by atoms with E-state index in [0.29, 0.717) is 6.54 Å². The maximum atomic E-state index is 11.7. The molecular weight excluding hydrogens is 252 g/mol. The Kier molecular flexibility index (Phi) is 3.13. The standard InChI is InChI=1S/C11H18N4O2S/c16-18(17,11-1-2-11)14-6-4-10-8-12-7-9-3-5-13-15(9)10/h3,5,10-12,14H,1-2,4,6-8H2/t10-/m1/s1. The molecule has 1 atom stereocenters. The maximum Gasteiger partial charge on any atom is 0.214 e. The van der Waals surface area contributed by atoms with Crippen molar-refractivity contribution in [2.45, 2.75) is 37.1 Å². The van der Waals surface area contributed by atoms with Crippen molar-refractivity contribution >= 4 is 10.0 Å². The molecule has 1 aromatic rings. The predicted octanol–water partition coefficient (Wildman–Crippen LogP) is -0.000700.